The number of aromatic nitrogens is 4. The topological polar surface area (TPSA) is 91.8 Å². The van der Waals surface area contributed by atoms with Crippen LogP contribution >= 0.6 is 0 Å². The van der Waals surface area contributed by atoms with Crippen molar-refractivity contribution in [2.75, 3.05) is 6.54 Å². The summed E-state index contributed by atoms with van der Waals surface area (Å²) in [5, 5.41) is 14.2. The van der Waals surface area contributed by atoms with Gasteiger partial charge in [0.15, 0.2) is 11.6 Å². The number of carbonyl (C=O) groups excluding carboxylic acids is 2. The van der Waals surface area contributed by atoms with Crippen molar-refractivity contribution in [1.29, 1.82) is 0 Å². The Hall–Kier alpha value is -4.13. The lowest BCUT2D eigenvalue weighted by molar-refractivity contribution is 0.0730. The maximum Gasteiger partial charge on any atom is 0.254 e. The molecule has 7 heteroatoms. The Morgan fingerprint density at radius 3 is 2.52 bits per heavy atom. The second-order valence-corrected chi connectivity index (χ2v) is 8.28. The number of nitrogens with zero attached hydrogens (tertiary/aromatic N) is 4. The van der Waals surface area contributed by atoms with Gasteiger partial charge in [-0.2, -0.15) is 5.21 Å². The summed E-state index contributed by atoms with van der Waals surface area (Å²) in [5.74, 6) is 0.379. The molecular formula is C26H23N5O2. The van der Waals surface area contributed by atoms with Crippen LogP contribution in [0.15, 0.2) is 66.7 Å². The molecule has 1 N–H and O–H groups in total. The SMILES string of the molecule is Cc1ccc(C(=O)c2ccccc2C(=O)N2CCc3c(Cc4nn[nH]n4)cccc3C2)cc1. The van der Waals surface area contributed by atoms with Gasteiger partial charge in [-0.15, -0.1) is 10.2 Å². The van der Waals surface area contributed by atoms with Gasteiger partial charge in [-0.3, -0.25) is 9.59 Å². The Bertz CT molecular complexity index is 1310. The molecule has 0 saturated carbocycles. The van der Waals surface area contributed by atoms with E-state index in [1.165, 1.54) is 5.56 Å². The molecule has 33 heavy (non-hydrogen) atoms. The number of rotatable bonds is 5. The van der Waals surface area contributed by atoms with E-state index in [-0.39, 0.29) is 11.7 Å². The van der Waals surface area contributed by atoms with Crippen LogP contribution in [0.5, 0.6) is 0 Å². The summed E-state index contributed by atoms with van der Waals surface area (Å²) in [6, 6.07) is 20.6. The van der Waals surface area contributed by atoms with E-state index in [4.69, 9.17) is 0 Å². The smallest absolute Gasteiger partial charge is 0.254 e. The van der Waals surface area contributed by atoms with E-state index in [2.05, 4.69) is 32.8 Å². The zero-order valence-electron chi connectivity index (χ0n) is 18.3. The lowest BCUT2D eigenvalue weighted by Crippen LogP contribution is -2.37. The molecule has 4 aromatic rings. The molecule has 1 aromatic heterocycles. The lowest BCUT2D eigenvalue weighted by atomic mass is 9.91. The molecule has 2 heterocycles. The standard InChI is InChI=1S/C26H23N5O2/c1-17-9-11-18(12-10-17)25(32)22-7-2-3-8-23(22)26(33)31-14-13-21-19(5-4-6-20(21)16-31)15-24-27-29-30-28-24/h2-12H,13-16H2,1H3,(H,27,28,29,30). The largest absolute Gasteiger partial charge is 0.334 e. The number of nitrogens with one attached hydrogen (secondary N) is 1. The maximum absolute atomic E-state index is 13.5. The van der Waals surface area contributed by atoms with Crippen molar-refractivity contribution in [2.24, 2.45) is 0 Å². The number of tetrazole rings is 1. The molecule has 1 amide bonds. The number of benzene rings is 3. The van der Waals surface area contributed by atoms with Gasteiger partial charge in [0.2, 0.25) is 0 Å². The molecule has 1 aliphatic heterocycles. The van der Waals surface area contributed by atoms with Gasteiger partial charge < -0.3 is 4.90 Å². The van der Waals surface area contributed by atoms with Crippen molar-refractivity contribution in [2.45, 2.75) is 26.3 Å². The van der Waals surface area contributed by atoms with Crippen LogP contribution in [0.3, 0.4) is 0 Å². The Morgan fingerprint density at radius 1 is 0.970 bits per heavy atom. The number of aryl methyl sites for hydroxylation is 1. The van der Waals surface area contributed by atoms with E-state index in [9.17, 15) is 9.59 Å². The average Bonchev–Trinajstić information content (AvgIpc) is 3.37. The molecule has 164 valence electrons. The van der Waals surface area contributed by atoms with Crippen LogP contribution < -0.4 is 0 Å². The van der Waals surface area contributed by atoms with E-state index < -0.39 is 0 Å². The number of hydrogen-bond donors (Lipinski definition) is 1. The molecule has 7 nitrogen and oxygen atoms in total. The fourth-order valence-corrected chi connectivity index (χ4v) is 4.35. The minimum Gasteiger partial charge on any atom is -0.334 e. The third-order valence-electron chi connectivity index (χ3n) is 6.10. The van der Waals surface area contributed by atoms with Crippen LogP contribution in [-0.2, 0) is 19.4 Å². The maximum atomic E-state index is 13.5. The number of H-pyrrole nitrogens is 1. The Labute approximate surface area is 191 Å². The van der Waals surface area contributed by atoms with Crippen LogP contribution in [-0.4, -0.2) is 43.8 Å². The van der Waals surface area contributed by atoms with Crippen LogP contribution in [0.1, 0.15) is 54.4 Å². The molecule has 5 rings (SSSR count). The second-order valence-electron chi connectivity index (χ2n) is 8.28. The van der Waals surface area contributed by atoms with Gasteiger partial charge in [-0.05, 0) is 36.1 Å². The first-order valence-electron chi connectivity index (χ1n) is 10.9. The van der Waals surface area contributed by atoms with Gasteiger partial charge in [0.1, 0.15) is 0 Å². The molecule has 0 bridgehead atoms. The van der Waals surface area contributed by atoms with E-state index in [1.54, 1.807) is 36.4 Å². The summed E-state index contributed by atoms with van der Waals surface area (Å²) < 4.78 is 0. The van der Waals surface area contributed by atoms with Gasteiger partial charge in [0.05, 0.1) is 5.56 Å². The molecule has 3 aromatic carbocycles. The highest BCUT2D eigenvalue weighted by molar-refractivity contribution is 6.15. The summed E-state index contributed by atoms with van der Waals surface area (Å²) >= 11 is 0. The number of ketones is 1. The first kappa shape index (κ1) is 20.8. The number of hydrogen-bond acceptors (Lipinski definition) is 5. The highest BCUT2D eigenvalue weighted by atomic mass is 16.2. The van der Waals surface area contributed by atoms with Gasteiger partial charge in [0.25, 0.3) is 5.91 Å². The first-order chi connectivity index (χ1) is 16.1. The Balaban J connectivity index is 1.40. The van der Waals surface area contributed by atoms with Crippen LogP contribution in [0, 0.1) is 6.92 Å². The lowest BCUT2D eigenvalue weighted by Gasteiger charge is -2.30. The molecule has 0 fully saturated rings. The highest BCUT2D eigenvalue weighted by Gasteiger charge is 2.26. The summed E-state index contributed by atoms with van der Waals surface area (Å²) in [5.41, 5.74) is 6.03. The summed E-state index contributed by atoms with van der Waals surface area (Å²) in [7, 11) is 0. The quantitative estimate of drug-likeness (QED) is 0.482. The molecule has 1 aliphatic rings. The van der Waals surface area contributed by atoms with Crippen LogP contribution in [0.2, 0.25) is 0 Å². The third-order valence-corrected chi connectivity index (χ3v) is 6.10. The van der Waals surface area contributed by atoms with Crippen LogP contribution in [0.25, 0.3) is 0 Å². The predicted molar refractivity (Wildman–Crippen MR) is 123 cm³/mol. The zero-order valence-corrected chi connectivity index (χ0v) is 18.3. The van der Waals surface area contributed by atoms with E-state index in [1.807, 2.05) is 30.0 Å². The van der Waals surface area contributed by atoms with Crippen molar-refractivity contribution in [3.05, 3.63) is 111 Å². The summed E-state index contributed by atoms with van der Waals surface area (Å²) in [4.78, 5) is 28.5. The van der Waals surface area contributed by atoms with E-state index in [0.717, 1.165) is 23.1 Å². The highest BCUT2D eigenvalue weighted by Crippen LogP contribution is 2.26. The second kappa shape index (κ2) is 8.78. The Morgan fingerprint density at radius 2 is 1.76 bits per heavy atom. The monoisotopic (exact) mass is 437 g/mol. The molecule has 0 saturated heterocycles. The fraction of sp³-hybridized carbons (Fsp3) is 0.192. The minimum absolute atomic E-state index is 0.125. The molecular weight excluding hydrogens is 414 g/mol. The number of carbonyl (C=O) groups is 2. The summed E-state index contributed by atoms with van der Waals surface area (Å²) in [6.07, 6.45) is 1.34. The van der Waals surface area contributed by atoms with Crippen LogP contribution in [0.4, 0.5) is 0 Å². The van der Waals surface area contributed by atoms with E-state index >= 15 is 0 Å². The third kappa shape index (κ3) is 4.17. The number of aromatic amines is 1. The van der Waals surface area contributed by atoms with E-state index in [0.29, 0.717) is 42.0 Å². The molecule has 0 atom stereocenters. The van der Waals surface area contributed by atoms with Crippen molar-refractivity contribution in [3.8, 4) is 0 Å². The van der Waals surface area contributed by atoms with Gasteiger partial charge in [0, 0.05) is 30.6 Å². The van der Waals surface area contributed by atoms with Gasteiger partial charge >= 0.3 is 0 Å². The number of fused-ring (bicyclic) bond motifs is 1. The first-order valence-corrected chi connectivity index (χ1v) is 10.9. The molecule has 0 spiro atoms. The zero-order chi connectivity index (χ0) is 22.8. The van der Waals surface area contributed by atoms with Crippen molar-refractivity contribution in [3.63, 3.8) is 0 Å². The Kier molecular flexibility index (Phi) is 5.52. The molecule has 0 unspecified atom stereocenters. The minimum atomic E-state index is -0.140. The molecule has 0 radical (unpaired) electrons. The normalized spacial score (nSPS) is 12.9. The van der Waals surface area contributed by atoms with Gasteiger partial charge in [-0.25, -0.2) is 0 Å². The molecule has 0 aliphatic carbocycles. The summed E-state index contributed by atoms with van der Waals surface area (Å²) in [6.45, 7) is 3.07. The van der Waals surface area contributed by atoms with Crippen molar-refractivity contribution >= 4 is 11.7 Å². The average molecular weight is 438 g/mol. The van der Waals surface area contributed by atoms with Crippen molar-refractivity contribution < 1.29 is 9.59 Å². The van der Waals surface area contributed by atoms with Gasteiger partial charge in [-0.1, -0.05) is 71.4 Å². The number of amides is 1. The van der Waals surface area contributed by atoms with Crippen molar-refractivity contribution in [1.82, 2.24) is 25.5 Å². The fourth-order valence-electron chi connectivity index (χ4n) is 4.35. The predicted octanol–water partition coefficient (Wildman–Crippen LogP) is 3.53.